The maximum absolute atomic E-state index is 11.2. The van der Waals surface area contributed by atoms with Crippen molar-refractivity contribution in [2.24, 2.45) is 0 Å². The van der Waals surface area contributed by atoms with Crippen LogP contribution in [0.25, 0.3) is 11.0 Å². The Balaban J connectivity index is 2.07. The summed E-state index contributed by atoms with van der Waals surface area (Å²) in [6.07, 6.45) is -0.570. The van der Waals surface area contributed by atoms with Crippen LogP contribution in [0.5, 0.6) is 0 Å². The first-order valence-electron chi connectivity index (χ1n) is 4.74. The maximum Gasteiger partial charge on any atom is 0.414 e. The topological polar surface area (TPSA) is 67.0 Å². The van der Waals surface area contributed by atoms with Gasteiger partial charge < -0.3 is 9.72 Å². The van der Waals surface area contributed by atoms with Crippen molar-refractivity contribution in [2.75, 3.05) is 17.8 Å². The predicted molar refractivity (Wildman–Crippen MR) is 61.8 cm³/mol. The zero-order valence-electron chi connectivity index (χ0n) is 8.37. The van der Waals surface area contributed by atoms with Gasteiger partial charge in [-0.2, -0.15) is 0 Å². The molecule has 2 aromatic rings. The minimum atomic E-state index is -0.570. The van der Waals surface area contributed by atoms with Crippen molar-refractivity contribution in [1.29, 1.82) is 0 Å². The van der Waals surface area contributed by atoms with Gasteiger partial charge in [0.05, 0.1) is 16.9 Å². The van der Waals surface area contributed by atoms with Gasteiger partial charge in [0.25, 0.3) is 0 Å². The summed E-state index contributed by atoms with van der Waals surface area (Å²) in [5.41, 5.74) is 1.64. The molecule has 0 radical (unpaired) electrons. The summed E-state index contributed by atoms with van der Waals surface area (Å²) in [5, 5.41) is 2.48. The molecule has 16 heavy (non-hydrogen) atoms. The number of aromatic nitrogens is 2. The number of halogens is 1. The van der Waals surface area contributed by atoms with Crippen LogP contribution in [-0.4, -0.2) is 28.5 Å². The van der Waals surface area contributed by atoms with Gasteiger partial charge in [0, 0.05) is 0 Å². The summed E-state index contributed by atoms with van der Waals surface area (Å²) in [6.45, 7) is 0.174. The van der Waals surface area contributed by atoms with E-state index in [-0.39, 0.29) is 12.5 Å². The minimum Gasteiger partial charge on any atom is -0.448 e. The highest BCUT2D eigenvalue weighted by molar-refractivity contribution is 6.18. The molecule has 1 aromatic heterocycles. The first kappa shape index (κ1) is 10.8. The van der Waals surface area contributed by atoms with Gasteiger partial charge in [0.2, 0.25) is 5.95 Å². The van der Waals surface area contributed by atoms with Crippen molar-refractivity contribution < 1.29 is 9.53 Å². The van der Waals surface area contributed by atoms with E-state index in [2.05, 4.69) is 15.3 Å². The van der Waals surface area contributed by atoms with Gasteiger partial charge in [-0.1, -0.05) is 12.1 Å². The summed E-state index contributed by atoms with van der Waals surface area (Å²) in [7, 11) is 0. The molecule has 84 valence electrons. The highest BCUT2D eigenvalue weighted by atomic mass is 35.5. The van der Waals surface area contributed by atoms with Crippen LogP contribution in [0, 0.1) is 0 Å². The number of H-pyrrole nitrogens is 1. The van der Waals surface area contributed by atoms with Gasteiger partial charge in [0.15, 0.2) is 0 Å². The van der Waals surface area contributed by atoms with Crippen LogP contribution in [0.3, 0.4) is 0 Å². The lowest BCUT2D eigenvalue weighted by molar-refractivity contribution is 0.168. The number of alkyl halides is 1. The van der Waals surface area contributed by atoms with Crippen molar-refractivity contribution in [3.05, 3.63) is 24.3 Å². The number of carbonyl (C=O) groups is 1. The third-order valence-corrected chi connectivity index (χ3v) is 2.07. The lowest BCUT2D eigenvalue weighted by Crippen LogP contribution is -2.15. The molecule has 0 atom stereocenters. The number of para-hydroxylation sites is 2. The summed E-state index contributed by atoms with van der Waals surface area (Å²) in [6, 6.07) is 7.48. The van der Waals surface area contributed by atoms with Gasteiger partial charge in [-0.25, -0.2) is 9.78 Å². The number of nitrogens with zero attached hydrogens (tertiary/aromatic N) is 1. The molecule has 0 fully saturated rings. The van der Waals surface area contributed by atoms with E-state index in [9.17, 15) is 4.79 Å². The molecule has 0 aliphatic rings. The Labute approximate surface area is 96.8 Å². The highest BCUT2D eigenvalue weighted by Crippen LogP contribution is 2.13. The summed E-state index contributed by atoms with van der Waals surface area (Å²) >= 11 is 5.38. The number of hydrogen-bond acceptors (Lipinski definition) is 3. The number of hydrogen-bond donors (Lipinski definition) is 2. The number of imidazole rings is 1. The van der Waals surface area contributed by atoms with Gasteiger partial charge in [-0.3, -0.25) is 5.32 Å². The smallest absolute Gasteiger partial charge is 0.414 e. The second-order valence-corrected chi connectivity index (χ2v) is 3.43. The fourth-order valence-corrected chi connectivity index (χ4v) is 1.35. The average molecular weight is 240 g/mol. The van der Waals surface area contributed by atoms with Crippen LogP contribution >= 0.6 is 11.6 Å². The Bertz CT molecular complexity index is 465. The lowest BCUT2D eigenvalue weighted by atomic mass is 10.3. The van der Waals surface area contributed by atoms with E-state index < -0.39 is 6.09 Å². The number of carbonyl (C=O) groups excluding carboxylic acids is 1. The van der Waals surface area contributed by atoms with Crippen LogP contribution in [0.4, 0.5) is 10.7 Å². The first-order chi connectivity index (χ1) is 7.79. The van der Waals surface area contributed by atoms with Gasteiger partial charge in [0.1, 0.15) is 6.61 Å². The summed E-state index contributed by atoms with van der Waals surface area (Å²) in [4.78, 5) is 18.3. The van der Waals surface area contributed by atoms with Crippen LogP contribution in [0.2, 0.25) is 0 Å². The SMILES string of the molecule is O=C(Nc1nc2ccccc2[nH]1)OCCCl. The Morgan fingerprint density at radius 1 is 1.50 bits per heavy atom. The molecule has 1 amide bonds. The van der Waals surface area contributed by atoms with Crippen LogP contribution < -0.4 is 5.32 Å². The molecular weight excluding hydrogens is 230 g/mol. The van der Waals surface area contributed by atoms with Crippen molar-refractivity contribution >= 4 is 34.7 Å². The Kier molecular flexibility index (Phi) is 3.26. The zero-order chi connectivity index (χ0) is 11.4. The van der Waals surface area contributed by atoms with Crippen molar-refractivity contribution in [2.45, 2.75) is 0 Å². The Hall–Kier alpha value is -1.75. The van der Waals surface area contributed by atoms with E-state index in [1.165, 1.54) is 0 Å². The van der Waals surface area contributed by atoms with Crippen LogP contribution in [0.1, 0.15) is 0 Å². The molecule has 1 heterocycles. The summed E-state index contributed by atoms with van der Waals surface area (Å²) < 4.78 is 4.75. The van der Waals surface area contributed by atoms with Crippen molar-refractivity contribution in [3.8, 4) is 0 Å². The third kappa shape index (κ3) is 2.43. The Morgan fingerprint density at radius 2 is 2.31 bits per heavy atom. The molecule has 6 heteroatoms. The molecule has 1 aromatic carbocycles. The van der Waals surface area contributed by atoms with Crippen LogP contribution in [-0.2, 0) is 4.74 Å². The molecule has 5 nitrogen and oxygen atoms in total. The first-order valence-corrected chi connectivity index (χ1v) is 5.27. The third-order valence-electron chi connectivity index (χ3n) is 1.92. The minimum absolute atomic E-state index is 0.174. The number of amides is 1. The highest BCUT2D eigenvalue weighted by Gasteiger charge is 2.06. The molecule has 0 aliphatic heterocycles. The van der Waals surface area contributed by atoms with E-state index in [1.807, 2.05) is 24.3 Å². The van der Waals surface area contributed by atoms with E-state index in [0.717, 1.165) is 11.0 Å². The normalized spacial score (nSPS) is 10.3. The van der Waals surface area contributed by atoms with E-state index >= 15 is 0 Å². The van der Waals surface area contributed by atoms with Crippen LogP contribution in [0.15, 0.2) is 24.3 Å². The van der Waals surface area contributed by atoms with Gasteiger partial charge in [-0.05, 0) is 12.1 Å². The number of nitrogens with one attached hydrogen (secondary N) is 2. The fraction of sp³-hybridized carbons (Fsp3) is 0.200. The largest absolute Gasteiger partial charge is 0.448 e. The van der Waals surface area contributed by atoms with E-state index in [0.29, 0.717) is 5.95 Å². The molecule has 2 rings (SSSR count). The molecule has 0 saturated carbocycles. The number of fused-ring (bicyclic) bond motifs is 1. The lowest BCUT2D eigenvalue weighted by Gasteiger charge is -2.01. The number of rotatable bonds is 3. The van der Waals surface area contributed by atoms with E-state index in [1.54, 1.807) is 0 Å². The Morgan fingerprint density at radius 3 is 3.06 bits per heavy atom. The number of ether oxygens (including phenoxy) is 1. The van der Waals surface area contributed by atoms with E-state index in [4.69, 9.17) is 16.3 Å². The standard InChI is InChI=1S/C10H10ClN3O2/c11-5-6-16-10(15)14-9-12-7-3-1-2-4-8(7)13-9/h1-4H,5-6H2,(H2,12,13,14,15). The molecule has 0 saturated heterocycles. The maximum atomic E-state index is 11.2. The molecule has 0 bridgehead atoms. The van der Waals surface area contributed by atoms with Gasteiger partial charge >= 0.3 is 6.09 Å². The monoisotopic (exact) mass is 239 g/mol. The van der Waals surface area contributed by atoms with Gasteiger partial charge in [-0.15, -0.1) is 11.6 Å². The molecule has 0 spiro atoms. The average Bonchev–Trinajstić information content (AvgIpc) is 2.68. The second kappa shape index (κ2) is 4.85. The molecule has 0 unspecified atom stereocenters. The molecule has 2 N–H and O–H groups in total. The number of benzene rings is 1. The molecule has 0 aliphatic carbocycles. The predicted octanol–water partition coefficient (Wildman–Crippen LogP) is 2.35. The van der Waals surface area contributed by atoms with Crippen molar-refractivity contribution in [1.82, 2.24) is 9.97 Å². The number of aromatic amines is 1. The molecular formula is C10H10ClN3O2. The zero-order valence-corrected chi connectivity index (χ0v) is 9.12. The number of anilines is 1. The second-order valence-electron chi connectivity index (χ2n) is 3.05. The summed E-state index contributed by atoms with van der Waals surface area (Å²) in [5.74, 6) is 0.633. The fourth-order valence-electron chi connectivity index (χ4n) is 1.28. The van der Waals surface area contributed by atoms with Crippen molar-refractivity contribution in [3.63, 3.8) is 0 Å². The quantitative estimate of drug-likeness (QED) is 0.808.